The van der Waals surface area contributed by atoms with Gasteiger partial charge in [-0.05, 0) is 18.8 Å². The van der Waals surface area contributed by atoms with Gasteiger partial charge in [0.25, 0.3) is 0 Å². The van der Waals surface area contributed by atoms with E-state index in [2.05, 4.69) is 29.1 Å². The molecule has 1 aliphatic heterocycles. The molecule has 0 saturated carbocycles. The van der Waals surface area contributed by atoms with Crippen molar-refractivity contribution < 1.29 is 13.2 Å². The van der Waals surface area contributed by atoms with Gasteiger partial charge in [-0.1, -0.05) is 13.8 Å². The molecule has 2 atom stereocenters. The molecule has 0 amide bonds. The van der Waals surface area contributed by atoms with Gasteiger partial charge in [-0.3, -0.25) is 0 Å². The minimum atomic E-state index is -4.46. The van der Waals surface area contributed by atoms with E-state index in [1.54, 1.807) is 6.92 Å². The number of anilines is 2. The third kappa shape index (κ3) is 3.13. The number of nitrogens with zero attached hydrogens (tertiary/aromatic N) is 3. The standard InChI is InChI=1S/C13H19F3N4/c1-4-17-12-18-10(13(14,15)16)5-11(19-12)20-6-8(2)9(3)7-20/h5,8-9H,4,6-7H2,1-3H3,(H,17,18,19). The van der Waals surface area contributed by atoms with Crippen LogP contribution in [0.3, 0.4) is 0 Å². The number of alkyl halides is 3. The SMILES string of the molecule is CCNc1nc(N2CC(C)C(C)C2)cc(C(F)(F)F)n1. The lowest BCUT2D eigenvalue weighted by atomic mass is 10.0. The van der Waals surface area contributed by atoms with E-state index in [9.17, 15) is 13.2 Å². The topological polar surface area (TPSA) is 41.1 Å². The van der Waals surface area contributed by atoms with E-state index < -0.39 is 11.9 Å². The van der Waals surface area contributed by atoms with Gasteiger partial charge >= 0.3 is 6.18 Å². The highest BCUT2D eigenvalue weighted by Crippen LogP contribution is 2.33. The number of halogens is 3. The number of aromatic nitrogens is 2. The van der Waals surface area contributed by atoms with Gasteiger partial charge in [0.05, 0.1) is 0 Å². The molecule has 2 unspecified atom stereocenters. The minimum absolute atomic E-state index is 0.0320. The van der Waals surface area contributed by atoms with Gasteiger partial charge in [0.15, 0.2) is 5.69 Å². The molecule has 0 spiro atoms. The molecular weight excluding hydrogens is 269 g/mol. The summed E-state index contributed by atoms with van der Waals surface area (Å²) in [5.41, 5.74) is -0.898. The Hall–Kier alpha value is -1.53. The molecule has 1 fully saturated rings. The molecule has 112 valence electrons. The molecule has 1 aliphatic rings. The summed E-state index contributed by atoms with van der Waals surface area (Å²) in [7, 11) is 0. The van der Waals surface area contributed by atoms with Crippen LogP contribution in [0.4, 0.5) is 24.9 Å². The Bertz CT molecular complexity index is 465. The minimum Gasteiger partial charge on any atom is -0.356 e. The average molecular weight is 288 g/mol. The number of hydrogen-bond donors (Lipinski definition) is 1. The molecule has 1 aromatic rings. The molecule has 0 bridgehead atoms. The Morgan fingerprint density at radius 1 is 1.25 bits per heavy atom. The fourth-order valence-corrected chi connectivity index (χ4v) is 2.30. The highest BCUT2D eigenvalue weighted by molar-refractivity contribution is 5.46. The van der Waals surface area contributed by atoms with Crippen LogP contribution in [-0.4, -0.2) is 29.6 Å². The van der Waals surface area contributed by atoms with Gasteiger partial charge in [0, 0.05) is 25.7 Å². The van der Waals surface area contributed by atoms with Gasteiger partial charge < -0.3 is 10.2 Å². The first-order chi connectivity index (χ1) is 9.31. The van der Waals surface area contributed by atoms with E-state index in [4.69, 9.17) is 0 Å². The maximum Gasteiger partial charge on any atom is 0.433 e. The van der Waals surface area contributed by atoms with E-state index in [0.29, 0.717) is 24.2 Å². The average Bonchev–Trinajstić information content (AvgIpc) is 2.69. The molecule has 1 saturated heterocycles. The quantitative estimate of drug-likeness (QED) is 0.928. The fraction of sp³-hybridized carbons (Fsp3) is 0.692. The predicted octanol–water partition coefficient (Wildman–Crippen LogP) is 3.02. The second kappa shape index (κ2) is 5.46. The van der Waals surface area contributed by atoms with Crippen molar-refractivity contribution in [3.8, 4) is 0 Å². The van der Waals surface area contributed by atoms with Crippen LogP contribution >= 0.6 is 0 Å². The largest absolute Gasteiger partial charge is 0.433 e. The number of hydrogen-bond acceptors (Lipinski definition) is 4. The Morgan fingerprint density at radius 3 is 2.35 bits per heavy atom. The molecule has 1 N–H and O–H groups in total. The summed E-state index contributed by atoms with van der Waals surface area (Å²) < 4.78 is 38.7. The van der Waals surface area contributed by atoms with Crippen LogP contribution in [0, 0.1) is 11.8 Å². The summed E-state index contributed by atoms with van der Waals surface area (Å²) in [5.74, 6) is 1.27. The third-order valence-electron chi connectivity index (χ3n) is 3.65. The van der Waals surface area contributed by atoms with Crippen molar-refractivity contribution >= 4 is 11.8 Å². The fourth-order valence-electron chi connectivity index (χ4n) is 2.30. The Labute approximate surface area is 116 Å². The second-order valence-corrected chi connectivity index (χ2v) is 5.32. The number of nitrogens with one attached hydrogen (secondary N) is 1. The summed E-state index contributed by atoms with van der Waals surface area (Å²) in [6, 6.07) is 1.03. The molecule has 20 heavy (non-hydrogen) atoms. The predicted molar refractivity (Wildman–Crippen MR) is 71.7 cm³/mol. The van der Waals surface area contributed by atoms with E-state index in [-0.39, 0.29) is 5.95 Å². The van der Waals surface area contributed by atoms with Crippen LogP contribution in [-0.2, 0) is 6.18 Å². The Kier molecular flexibility index (Phi) is 4.06. The maximum absolute atomic E-state index is 12.9. The van der Waals surface area contributed by atoms with Gasteiger partial charge in [-0.25, -0.2) is 4.98 Å². The summed E-state index contributed by atoms with van der Waals surface area (Å²) in [4.78, 5) is 9.62. The molecule has 0 aromatic carbocycles. The van der Waals surface area contributed by atoms with Crippen LogP contribution < -0.4 is 10.2 Å². The molecule has 1 aromatic heterocycles. The molecule has 2 heterocycles. The first-order valence-corrected chi connectivity index (χ1v) is 6.76. The summed E-state index contributed by atoms with van der Waals surface area (Å²) in [5, 5.41) is 2.76. The normalized spacial score (nSPS) is 23.2. The van der Waals surface area contributed by atoms with E-state index in [1.165, 1.54) is 0 Å². The van der Waals surface area contributed by atoms with Crippen LogP contribution in [0.25, 0.3) is 0 Å². The first-order valence-electron chi connectivity index (χ1n) is 6.76. The first kappa shape index (κ1) is 14.9. The highest BCUT2D eigenvalue weighted by atomic mass is 19.4. The van der Waals surface area contributed by atoms with Crippen molar-refractivity contribution in [3.05, 3.63) is 11.8 Å². The van der Waals surface area contributed by atoms with Crippen LogP contribution in [0.5, 0.6) is 0 Å². The van der Waals surface area contributed by atoms with E-state index >= 15 is 0 Å². The lowest BCUT2D eigenvalue weighted by Gasteiger charge is -2.19. The van der Waals surface area contributed by atoms with Crippen molar-refractivity contribution in [1.82, 2.24) is 9.97 Å². The highest BCUT2D eigenvalue weighted by Gasteiger charge is 2.35. The molecule has 0 radical (unpaired) electrons. The van der Waals surface area contributed by atoms with Crippen molar-refractivity contribution in [2.45, 2.75) is 26.9 Å². The van der Waals surface area contributed by atoms with Crippen molar-refractivity contribution in [1.29, 1.82) is 0 Å². The Balaban J connectivity index is 2.35. The van der Waals surface area contributed by atoms with Crippen LogP contribution in [0.2, 0.25) is 0 Å². The van der Waals surface area contributed by atoms with Gasteiger partial charge in [0.2, 0.25) is 5.95 Å². The summed E-state index contributed by atoms with van der Waals surface area (Å²) in [6.07, 6.45) is -4.46. The molecule has 7 heteroatoms. The molecular formula is C13H19F3N4. The van der Waals surface area contributed by atoms with Crippen LogP contribution in [0.1, 0.15) is 26.5 Å². The van der Waals surface area contributed by atoms with E-state index in [0.717, 1.165) is 19.2 Å². The lowest BCUT2D eigenvalue weighted by molar-refractivity contribution is -0.141. The van der Waals surface area contributed by atoms with Crippen LogP contribution in [0.15, 0.2) is 6.07 Å². The molecule has 2 rings (SSSR count). The van der Waals surface area contributed by atoms with Gasteiger partial charge in [-0.15, -0.1) is 0 Å². The van der Waals surface area contributed by atoms with Crippen molar-refractivity contribution in [3.63, 3.8) is 0 Å². The zero-order valence-electron chi connectivity index (χ0n) is 11.8. The second-order valence-electron chi connectivity index (χ2n) is 5.32. The van der Waals surface area contributed by atoms with Crippen molar-refractivity contribution in [2.75, 3.05) is 29.9 Å². The van der Waals surface area contributed by atoms with Crippen molar-refractivity contribution in [2.24, 2.45) is 11.8 Å². The number of rotatable bonds is 3. The molecule has 4 nitrogen and oxygen atoms in total. The third-order valence-corrected chi connectivity index (χ3v) is 3.65. The summed E-state index contributed by atoms with van der Waals surface area (Å²) in [6.45, 7) is 7.92. The summed E-state index contributed by atoms with van der Waals surface area (Å²) >= 11 is 0. The Morgan fingerprint density at radius 2 is 1.85 bits per heavy atom. The monoisotopic (exact) mass is 288 g/mol. The zero-order valence-corrected chi connectivity index (χ0v) is 11.8. The lowest BCUT2D eigenvalue weighted by Crippen LogP contribution is -2.23. The maximum atomic E-state index is 12.9. The van der Waals surface area contributed by atoms with E-state index in [1.807, 2.05) is 4.90 Å². The smallest absolute Gasteiger partial charge is 0.356 e. The molecule has 0 aliphatic carbocycles. The zero-order chi connectivity index (χ0) is 14.9. The van der Waals surface area contributed by atoms with Gasteiger partial charge in [-0.2, -0.15) is 18.2 Å². The van der Waals surface area contributed by atoms with Gasteiger partial charge in [0.1, 0.15) is 5.82 Å².